The van der Waals surface area contributed by atoms with Crippen molar-refractivity contribution in [2.45, 2.75) is 0 Å². The van der Waals surface area contributed by atoms with E-state index in [-0.39, 0.29) is 22.2 Å². The number of nitrogens with zero attached hydrogens (tertiary/aromatic N) is 5. The van der Waals surface area contributed by atoms with Gasteiger partial charge in [-0.15, -0.1) is 4.39 Å². The van der Waals surface area contributed by atoms with Crippen molar-refractivity contribution >= 4 is 40.8 Å². The van der Waals surface area contributed by atoms with Crippen molar-refractivity contribution < 1.29 is 30.5 Å². The molecule has 0 radical (unpaired) electrons. The van der Waals surface area contributed by atoms with Gasteiger partial charge < -0.3 is 21.4 Å². The molecule has 3 rings (SSSR count). The summed E-state index contributed by atoms with van der Waals surface area (Å²) in [7, 11) is 0. The molecule has 3 aromatic rings. The molecule has 9 nitrogen and oxygen atoms in total. The number of hydrogen-bond donors (Lipinski definition) is 2. The van der Waals surface area contributed by atoms with E-state index >= 15 is 0 Å². The summed E-state index contributed by atoms with van der Waals surface area (Å²) in [6.07, 6.45) is 0.229. The molecule has 0 amide bonds. The van der Waals surface area contributed by atoms with Gasteiger partial charge >= 0.3 is 18.0 Å². The Kier molecular flexibility index (Phi) is 5.58. The number of hydrogen-bond acceptors (Lipinski definition) is 8. The topological polar surface area (TPSA) is 148 Å². The number of carbonyl (C=O) groups is 1. The van der Waals surface area contributed by atoms with Gasteiger partial charge in [-0.3, -0.25) is 0 Å². The Labute approximate surface area is 167 Å². The third-order valence-corrected chi connectivity index (χ3v) is 3.55. The lowest BCUT2D eigenvalue weighted by atomic mass is 10.3. The molecule has 3 heterocycles. The van der Waals surface area contributed by atoms with Crippen LogP contribution in [0.4, 0.5) is 24.8 Å². The first-order valence-corrected chi connectivity index (χ1v) is 7.63. The number of carboxylic acid groups (broad SMARTS) is 1. The number of rotatable bonds is 4. The highest BCUT2D eigenvalue weighted by Crippen LogP contribution is 2.19. The molecule has 3 aromatic heterocycles. The summed E-state index contributed by atoms with van der Waals surface area (Å²) in [5, 5.41) is 10.1. The number of aromatic nitrogens is 5. The molecule has 0 saturated heterocycles. The lowest BCUT2D eigenvalue weighted by Crippen LogP contribution is -2.35. The van der Waals surface area contributed by atoms with E-state index in [2.05, 4.69) is 19.9 Å². The molecule has 4 N–H and O–H groups in total. The van der Waals surface area contributed by atoms with E-state index in [4.69, 9.17) is 26.0 Å². The second-order valence-corrected chi connectivity index (χ2v) is 5.47. The number of carbonyl (C=O) groups excluding carboxylic acids is 1. The van der Waals surface area contributed by atoms with Crippen molar-refractivity contribution in [1.82, 2.24) is 19.9 Å². The van der Waals surface area contributed by atoms with Crippen LogP contribution in [0.5, 0.6) is 0 Å². The molecule has 0 aliphatic rings. The standard InChI is InChI=1S/C10H6ClFN4O2.C4H2ClF2N3/c11-6-7(13)14-10(12)15-8(6)16-3-1-2-5(4-16)9(17)18;5-1-2(6)9-4(7)10-3(1)8/h1-4H,(H2-,13,14,15,17,18);(H2,8,9,10)/i/hD2. The molecule has 0 aromatic carbocycles. The van der Waals surface area contributed by atoms with Crippen LogP contribution in [-0.4, -0.2) is 25.9 Å². The average molecular weight is 436 g/mol. The van der Waals surface area contributed by atoms with Crippen LogP contribution in [0, 0.1) is 18.1 Å². The first-order chi connectivity index (χ1) is 14.2. The van der Waals surface area contributed by atoms with Gasteiger partial charge in [0.15, 0.2) is 19.5 Å². The Balaban J connectivity index is 0.000000248. The van der Waals surface area contributed by atoms with E-state index in [0.29, 0.717) is 0 Å². The number of nitrogen functional groups attached to an aromatic ring is 2. The van der Waals surface area contributed by atoms with Crippen molar-refractivity contribution in [1.29, 1.82) is 0 Å². The highest BCUT2D eigenvalue weighted by Gasteiger charge is 2.21. The van der Waals surface area contributed by atoms with Crippen LogP contribution in [0.2, 0.25) is 12.9 Å². The van der Waals surface area contributed by atoms with Crippen LogP contribution in [0.3, 0.4) is 0 Å². The second-order valence-electron chi connectivity index (χ2n) is 4.71. The van der Waals surface area contributed by atoms with Gasteiger partial charge in [0, 0.05) is 10.5 Å². The lowest BCUT2D eigenvalue weighted by Gasteiger charge is -2.03. The normalized spacial score (nSPS) is 10.9. The lowest BCUT2D eigenvalue weighted by molar-refractivity contribution is -0.600. The van der Waals surface area contributed by atoms with Gasteiger partial charge in [-0.1, -0.05) is 23.2 Å². The number of anilines is 2. The molecular formula is C14H8Cl2F3N7O2. The van der Waals surface area contributed by atoms with E-state index in [9.17, 15) is 23.1 Å². The number of carboxylic acids is 1. The van der Waals surface area contributed by atoms with Crippen LogP contribution in [-0.2, 0) is 0 Å². The van der Waals surface area contributed by atoms with Crippen molar-refractivity contribution in [2.24, 2.45) is 0 Å². The van der Waals surface area contributed by atoms with E-state index in [1.165, 1.54) is 22.9 Å². The summed E-state index contributed by atoms with van der Waals surface area (Å²) in [5.41, 5.74) is 3.41. The highest BCUT2D eigenvalue weighted by atomic mass is 35.5. The molecule has 146 valence electrons. The van der Waals surface area contributed by atoms with Gasteiger partial charge in [0.2, 0.25) is 5.95 Å². The molecule has 0 unspecified atom stereocenters. The van der Waals surface area contributed by atoms with Crippen molar-refractivity contribution in [3.05, 3.63) is 58.2 Å². The van der Waals surface area contributed by atoms with E-state index in [0.717, 1.165) is 6.20 Å². The molecule has 0 aliphatic carbocycles. The Hall–Kier alpha value is -3.25. The maximum absolute atomic E-state index is 13.2. The Bertz CT molecular complexity index is 1100. The summed E-state index contributed by atoms with van der Waals surface area (Å²) < 4.78 is 52.4. The SMILES string of the molecule is [2H]Nc1nc(F)nc(-[n+]2cccc(C(=O)[O-])c2)c1Cl.[2H]Nc1nc(F)nc(F)c1Cl. The zero-order valence-corrected chi connectivity index (χ0v) is 14.8. The average Bonchev–Trinajstić information content (AvgIpc) is 2.72. The minimum Gasteiger partial charge on any atom is -0.545 e. The molecular weight excluding hydrogens is 426 g/mol. The Morgan fingerprint density at radius 3 is 2.29 bits per heavy atom. The molecule has 28 heavy (non-hydrogen) atoms. The van der Waals surface area contributed by atoms with Gasteiger partial charge in [0.05, 0.1) is 12.2 Å². The van der Waals surface area contributed by atoms with Gasteiger partial charge in [0.25, 0.3) is 0 Å². The first kappa shape index (κ1) is 18.1. The van der Waals surface area contributed by atoms with Gasteiger partial charge in [-0.25, -0.2) is 4.57 Å². The van der Waals surface area contributed by atoms with Gasteiger partial charge in [-0.05, 0) is 12.1 Å². The number of nitrogens with two attached hydrogens (primary N) is 2. The summed E-state index contributed by atoms with van der Waals surface area (Å²) in [6, 6.07) is 2.72. The number of halogens is 5. The maximum Gasteiger partial charge on any atom is 0.425 e. The van der Waals surface area contributed by atoms with Crippen LogP contribution in [0.1, 0.15) is 10.4 Å². The van der Waals surface area contributed by atoms with Crippen LogP contribution >= 0.6 is 23.2 Å². The number of aromatic carboxylic acids is 1. The zero-order chi connectivity index (χ0) is 22.4. The van der Waals surface area contributed by atoms with E-state index in [1.54, 1.807) is 5.73 Å². The van der Waals surface area contributed by atoms with Gasteiger partial charge in [0.1, 0.15) is 11.2 Å². The Morgan fingerprint density at radius 1 is 1.07 bits per heavy atom. The largest absolute Gasteiger partial charge is 0.545 e. The quantitative estimate of drug-likeness (QED) is 0.341. The molecule has 14 heteroatoms. The minimum atomic E-state index is -1.39. The highest BCUT2D eigenvalue weighted by molar-refractivity contribution is 6.34. The van der Waals surface area contributed by atoms with Crippen LogP contribution in [0.25, 0.3) is 5.82 Å². The Morgan fingerprint density at radius 2 is 1.68 bits per heavy atom. The molecule has 0 spiro atoms. The van der Waals surface area contributed by atoms with Crippen molar-refractivity contribution in [3.8, 4) is 5.82 Å². The van der Waals surface area contributed by atoms with E-state index < -0.39 is 34.9 Å². The maximum atomic E-state index is 13.2. The number of pyridine rings is 1. The molecule has 0 aliphatic heterocycles. The summed E-state index contributed by atoms with van der Waals surface area (Å²) >= 11 is 11.1. The summed E-state index contributed by atoms with van der Waals surface area (Å²) in [6.45, 7) is 0. The third kappa shape index (κ3) is 4.92. The molecule has 0 saturated carbocycles. The smallest absolute Gasteiger partial charge is 0.425 e. The predicted octanol–water partition coefficient (Wildman–Crippen LogP) is 0.482. The fourth-order valence-corrected chi connectivity index (χ4v) is 1.97. The van der Waals surface area contributed by atoms with Crippen LogP contribution in [0.15, 0.2) is 24.5 Å². The fourth-order valence-electron chi connectivity index (χ4n) is 1.70. The molecule has 0 bridgehead atoms. The second kappa shape index (κ2) is 8.63. The third-order valence-electron chi connectivity index (χ3n) is 2.87. The van der Waals surface area contributed by atoms with E-state index in [1.807, 2.05) is 5.73 Å². The minimum absolute atomic E-state index is 0.0907. The van der Waals surface area contributed by atoms with Gasteiger partial charge in [-0.2, -0.15) is 23.7 Å². The summed E-state index contributed by atoms with van der Waals surface area (Å²) in [4.78, 5) is 23.2. The predicted molar refractivity (Wildman–Crippen MR) is 88.6 cm³/mol. The zero-order valence-electron chi connectivity index (χ0n) is 15.3. The fraction of sp³-hybridized carbons (Fsp3) is 0. The van der Waals surface area contributed by atoms with Crippen molar-refractivity contribution in [3.63, 3.8) is 0 Å². The molecule has 0 atom stereocenters. The van der Waals surface area contributed by atoms with Crippen LogP contribution < -0.4 is 21.1 Å². The van der Waals surface area contributed by atoms with Crippen molar-refractivity contribution in [2.75, 3.05) is 11.5 Å². The first-order valence-electron chi connectivity index (χ1n) is 7.88. The molecule has 0 fully saturated rings. The summed E-state index contributed by atoms with van der Waals surface area (Å²) in [5.74, 6) is -3.29. The monoisotopic (exact) mass is 435 g/mol.